The zero-order valence-electron chi connectivity index (χ0n) is 15.0. The Morgan fingerprint density at radius 1 is 1.44 bits per heavy atom. The van der Waals surface area contributed by atoms with Gasteiger partial charge in [-0.05, 0) is 30.5 Å². The molecular weight excluding hydrogens is 351 g/mol. The monoisotopic (exact) mass is 372 g/mol. The Kier molecular flexibility index (Phi) is 5.60. The van der Waals surface area contributed by atoms with Crippen LogP contribution in [0.15, 0.2) is 29.8 Å². The third-order valence-corrected chi connectivity index (χ3v) is 4.93. The number of nitrogens with zero attached hydrogens (tertiary/aromatic N) is 3. The number of carbonyl (C=O) groups excluding carboxylic acids is 2. The molecule has 2 amide bonds. The first-order valence-electron chi connectivity index (χ1n) is 8.81. The standard InChI is InChI=1S/C19H21FN4O3/c1-13-10-23(7-5-14(13)4-6-21)18-3-2-15(8-17(18)20)24-11-16(9-22-12-25)27-19(24)26/h2-4,8,12-13,16H,5,7,9-11H2,1H3,(H,22,25)/b14-4-. The van der Waals surface area contributed by atoms with E-state index in [2.05, 4.69) is 11.4 Å². The van der Waals surface area contributed by atoms with Gasteiger partial charge < -0.3 is 15.0 Å². The van der Waals surface area contributed by atoms with Crippen LogP contribution in [0.5, 0.6) is 0 Å². The average Bonchev–Trinajstić information content (AvgIpc) is 3.02. The molecule has 2 aliphatic rings. The van der Waals surface area contributed by atoms with Crippen molar-refractivity contribution in [3.8, 4) is 6.07 Å². The topological polar surface area (TPSA) is 85.7 Å². The number of piperidine rings is 1. The maximum absolute atomic E-state index is 14.7. The quantitative estimate of drug-likeness (QED) is 0.633. The molecule has 142 valence electrons. The molecule has 0 bridgehead atoms. The van der Waals surface area contributed by atoms with Gasteiger partial charge in [-0.3, -0.25) is 9.69 Å². The van der Waals surface area contributed by atoms with Crippen molar-refractivity contribution in [2.45, 2.75) is 19.4 Å². The van der Waals surface area contributed by atoms with Crippen molar-refractivity contribution >= 4 is 23.9 Å². The molecule has 0 saturated carbocycles. The number of hydrogen-bond acceptors (Lipinski definition) is 5. The maximum atomic E-state index is 14.7. The number of anilines is 2. The number of rotatable bonds is 5. The summed E-state index contributed by atoms with van der Waals surface area (Å²) in [5.74, 6) is -0.230. The van der Waals surface area contributed by atoms with Crippen LogP contribution in [-0.2, 0) is 9.53 Å². The molecule has 1 aromatic carbocycles. The van der Waals surface area contributed by atoms with Gasteiger partial charge in [0.05, 0.1) is 30.5 Å². The van der Waals surface area contributed by atoms with Gasteiger partial charge in [-0.15, -0.1) is 0 Å². The summed E-state index contributed by atoms with van der Waals surface area (Å²) in [6.07, 6.45) is 1.83. The lowest BCUT2D eigenvalue weighted by molar-refractivity contribution is -0.109. The molecule has 3 rings (SSSR count). The highest BCUT2D eigenvalue weighted by Crippen LogP contribution is 2.31. The van der Waals surface area contributed by atoms with Gasteiger partial charge in [-0.25, -0.2) is 9.18 Å². The Hall–Kier alpha value is -3.08. The Labute approximate surface area is 157 Å². The molecule has 1 aromatic rings. The summed E-state index contributed by atoms with van der Waals surface area (Å²) < 4.78 is 19.9. The van der Waals surface area contributed by atoms with Gasteiger partial charge in [0.2, 0.25) is 6.41 Å². The number of allylic oxidation sites excluding steroid dienone is 1. The van der Waals surface area contributed by atoms with E-state index in [1.165, 1.54) is 11.0 Å². The largest absolute Gasteiger partial charge is 0.442 e. The first-order chi connectivity index (χ1) is 13.0. The summed E-state index contributed by atoms with van der Waals surface area (Å²) in [6.45, 7) is 3.77. The summed E-state index contributed by atoms with van der Waals surface area (Å²) in [5.41, 5.74) is 1.99. The molecule has 8 heteroatoms. The molecule has 7 nitrogen and oxygen atoms in total. The van der Waals surface area contributed by atoms with E-state index in [-0.39, 0.29) is 19.0 Å². The fraction of sp³-hybridized carbons (Fsp3) is 0.421. The Morgan fingerprint density at radius 3 is 2.93 bits per heavy atom. The fourth-order valence-electron chi connectivity index (χ4n) is 3.50. The number of nitriles is 1. The summed E-state index contributed by atoms with van der Waals surface area (Å²) >= 11 is 0. The van der Waals surface area contributed by atoms with E-state index in [4.69, 9.17) is 10.00 Å². The van der Waals surface area contributed by atoms with Gasteiger partial charge in [0.1, 0.15) is 11.9 Å². The highest BCUT2D eigenvalue weighted by Gasteiger charge is 2.33. The molecule has 2 saturated heterocycles. The minimum absolute atomic E-state index is 0.178. The van der Waals surface area contributed by atoms with Crippen LogP contribution in [0.25, 0.3) is 0 Å². The molecule has 0 spiro atoms. The Balaban J connectivity index is 1.71. The molecule has 2 atom stereocenters. The smallest absolute Gasteiger partial charge is 0.414 e. The van der Waals surface area contributed by atoms with Crippen molar-refractivity contribution < 1.29 is 18.7 Å². The summed E-state index contributed by atoms with van der Waals surface area (Å²) in [5, 5.41) is 11.3. The number of carbonyl (C=O) groups is 2. The number of halogens is 1. The molecule has 0 aromatic heterocycles. The zero-order chi connectivity index (χ0) is 19.4. The molecule has 2 heterocycles. The van der Waals surface area contributed by atoms with E-state index in [1.807, 2.05) is 11.8 Å². The number of cyclic esters (lactones) is 1. The van der Waals surface area contributed by atoms with Gasteiger partial charge >= 0.3 is 6.09 Å². The molecule has 27 heavy (non-hydrogen) atoms. The van der Waals surface area contributed by atoms with Crippen molar-refractivity contribution in [2.75, 3.05) is 36.0 Å². The highest BCUT2D eigenvalue weighted by molar-refractivity contribution is 5.90. The third kappa shape index (κ3) is 4.03. The molecule has 2 fully saturated rings. The van der Waals surface area contributed by atoms with E-state index in [0.717, 1.165) is 12.0 Å². The third-order valence-electron chi connectivity index (χ3n) is 4.93. The van der Waals surface area contributed by atoms with Crippen LogP contribution in [0.1, 0.15) is 13.3 Å². The Bertz CT molecular complexity index is 805. The molecule has 1 N–H and O–H groups in total. The van der Waals surface area contributed by atoms with Crippen molar-refractivity contribution in [3.63, 3.8) is 0 Å². The molecule has 0 radical (unpaired) electrons. The molecule has 2 unspecified atom stereocenters. The van der Waals surface area contributed by atoms with Crippen molar-refractivity contribution in [2.24, 2.45) is 5.92 Å². The summed E-state index contributed by atoms with van der Waals surface area (Å²) in [7, 11) is 0. The predicted molar refractivity (Wildman–Crippen MR) is 97.8 cm³/mol. The van der Waals surface area contributed by atoms with E-state index < -0.39 is 18.0 Å². The highest BCUT2D eigenvalue weighted by atomic mass is 19.1. The van der Waals surface area contributed by atoms with Crippen LogP contribution >= 0.6 is 0 Å². The van der Waals surface area contributed by atoms with Crippen LogP contribution in [-0.4, -0.2) is 44.8 Å². The van der Waals surface area contributed by atoms with Gasteiger partial charge in [0.15, 0.2) is 0 Å². The first-order valence-corrected chi connectivity index (χ1v) is 8.81. The van der Waals surface area contributed by atoms with Crippen LogP contribution in [0, 0.1) is 23.1 Å². The van der Waals surface area contributed by atoms with Gasteiger partial charge in [0.25, 0.3) is 0 Å². The van der Waals surface area contributed by atoms with Crippen LogP contribution in [0.3, 0.4) is 0 Å². The van der Waals surface area contributed by atoms with Gasteiger partial charge in [-0.2, -0.15) is 5.26 Å². The summed E-state index contributed by atoms with van der Waals surface area (Å²) in [4.78, 5) is 25.7. The second-order valence-electron chi connectivity index (χ2n) is 6.72. The van der Waals surface area contributed by atoms with Crippen molar-refractivity contribution in [1.82, 2.24) is 5.32 Å². The average molecular weight is 372 g/mol. The number of benzene rings is 1. The minimum Gasteiger partial charge on any atom is -0.442 e. The lowest BCUT2D eigenvalue weighted by atomic mass is 9.92. The van der Waals surface area contributed by atoms with Crippen LogP contribution < -0.4 is 15.1 Å². The lowest BCUT2D eigenvalue weighted by Crippen LogP contribution is -2.36. The van der Waals surface area contributed by atoms with Crippen molar-refractivity contribution in [1.29, 1.82) is 5.26 Å². The van der Waals surface area contributed by atoms with Crippen molar-refractivity contribution in [3.05, 3.63) is 35.7 Å². The summed E-state index contributed by atoms with van der Waals surface area (Å²) in [6, 6.07) is 6.76. The van der Waals surface area contributed by atoms with E-state index in [9.17, 15) is 14.0 Å². The van der Waals surface area contributed by atoms with Gasteiger partial charge in [-0.1, -0.05) is 12.5 Å². The molecule has 0 aliphatic carbocycles. The lowest BCUT2D eigenvalue weighted by Gasteiger charge is -2.34. The van der Waals surface area contributed by atoms with E-state index >= 15 is 0 Å². The number of nitrogens with one attached hydrogen (secondary N) is 1. The Morgan fingerprint density at radius 2 is 2.26 bits per heavy atom. The van der Waals surface area contributed by atoms with Crippen LogP contribution in [0.4, 0.5) is 20.6 Å². The van der Waals surface area contributed by atoms with Crippen LogP contribution in [0.2, 0.25) is 0 Å². The fourth-order valence-corrected chi connectivity index (χ4v) is 3.50. The number of hydrogen-bond donors (Lipinski definition) is 1. The zero-order valence-corrected chi connectivity index (χ0v) is 15.0. The number of amides is 2. The number of ether oxygens (including phenoxy) is 1. The predicted octanol–water partition coefficient (Wildman–Crippen LogP) is 2.19. The SMILES string of the molecule is CC1CN(c2ccc(N3CC(CNC=O)OC3=O)cc2F)CC/C1=C/C#N. The van der Waals surface area contributed by atoms with E-state index in [1.54, 1.807) is 18.2 Å². The first kappa shape index (κ1) is 18.7. The second-order valence-corrected chi connectivity index (χ2v) is 6.72. The van der Waals surface area contributed by atoms with E-state index in [0.29, 0.717) is 30.9 Å². The normalized spacial score (nSPS) is 23.9. The second kappa shape index (κ2) is 8.08. The minimum atomic E-state index is -0.558. The molecule has 2 aliphatic heterocycles. The maximum Gasteiger partial charge on any atom is 0.414 e. The van der Waals surface area contributed by atoms with Gasteiger partial charge in [0, 0.05) is 19.2 Å². The molecular formula is C19H21FN4O3.